The molecule has 1 aliphatic rings. The molecule has 1 aromatic rings. The smallest absolute Gasteiger partial charge is 0.225 e. The summed E-state index contributed by atoms with van der Waals surface area (Å²) in [5.41, 5.74) is 0. The Morgan fingerprint density at radius 2 is 1.84 bits per heavy atom. The summed E-state index contributed by atoms with van der Waals surface area (Å²) in [6.45, 7) is 15.4. The van der Waals surface area contributed by atoms with Gasteiger partial charge in [-0.3, -0.25) is 9.89 Å². The lowest BCUT2D eigenvalue weighted by atomic mass is 10.1. The minimum absolute atomic E-state index is 0.409. The number of nitrogens with zero attached hydrogens (tertiary/aromatic N) is 5. The summed E-state index contributed by atoms with van der Waals surface area (Å²) in [5, 5.41) is 6.81. The average Bonchev–Trinajstić information content (AvgIpc) is 2.63. The minimum atomic E-state index is 0.409. The van der Waals surface area contributed by atoms with Crippen molar-refractivity contribution in [1.82, 2.24) is 25.5 Å². The van der Waals surface area contributed by atoms with E-state index in [1.165, 1.54) is 0 Å². The van der Waals surface area contributed by atoms with Gasteiger partial charge in [0.05, 0.1) is 6.54 Å². The second-order valence-electron chi connectivity index (χ2n) is 6.82. The van der Waals surface area contributed by atoms with Crippen molar-refractivity contribution >= 4 is 11.9 Å². The van der Waals surface area contributed by atoms with E-state index in [0.29, 0.717) is 12.0 Å². The van der Waals surface area contributed by atoms with E-state index < -0.39 is 0 Å². The predicted molar refractivity (Wildman–Crippen MR) is 104 cm³/mol. The molecule has 1 aliphatic heterocycles. The van der Waals surface area contributed by atoms with Crippen molar-refractivity contribution in [3.05, 3.63) is 18.5 Å². The molecule has 0 amide bonds. The first-order chi connectivity index (χ1) is 12.1. The summed E-state index contributed by atoms with van der Waals surface area (Å²) >= 11 is 0. The highest BCUT2D eigenvalue weighted by molar-refractivity contribution is 5.80. The third-order valence-corrected chi connectivity index (χ3v) is 4.60. The molecular weight excluding hydrogens is 314 g/mol. The molecule has 7 nitrogen and oxygen atoms in total. The predicted octanol–water partition coefficient (Wildman–Crippen LogP) is 1.20. The number of hydrogen-bond acceptors (Lipinski definition) is 5. The monoisotopic (exact) mass is 347 g/mol. The van der Waals surface area contributed by atoms with Crippen molar-refractivity contribution in [2.24, 2.45) is 10.9 Å². The number of nitrogens with one attached hydrogen (secondary N) is 2. The quantitative estimate of drug-likeness (QED) is 0.571. The molecule has 0 spiro atoms. The van der Waals surface area contributed by atoms with E-state index in [1.807, 2.05) is 6.07 Å². The zero-order valence-electron chi connectivity index (χ0n) is 16.1. The maximum atomic E-state index is 4.72. The summed E-state index contributed by atoms with van der Waals surface area (Å²) in [4.78, 5) is 18.1. The van der Waals surface area contributed by atoms with Crippen molar-refractivity contribution < 1.29 is 0 Å². The third-order valence-electron chi connectivity index (χ3n) is 4.60. The van der Waals surface area contributed by atoms with Crippen molar-refractivity contribution in [3.63, 3.8) is 0 Å². The molecule has 2 heterocycles. The fourth-order valence-corrected chi connectivity index (χ4v) is 2.63. The van der Waals surface area contributed by atoms with Crippen LogP contribution < -0.4 is 15.5 Å². The van der Waals surface area contributed by atoms with Gasteiger partial charge in [0.25, 0.3) is 0 Å². The van der Waals surface area contributed by atoms with Crippen LogP contribution in [-0.4, -0.2) is 72.7 Å². The van der Waals surface area contributed by atoms with Gasteiger partial charge in [0, 0.05) is 57.7 Å². The summed E-state index contributed by atoms with van der Waals surface area (Å²) in [7, 11) is 0. The van der Waals surface area contributed by atoms with E-state index >= 15 is 0 Å². The Labute approximate surface area is 151 Å². The number of guanidine groups is 1. The number of aliphatic imine (C=N–C) groups is 1. The Balaban J connectivity index is 1.75. The van der Waals surface area contributed by atoms with Crippen LogP contribution in [0.1, 0.15) is 27.7 Å². The van der Waals surface area contributed by atoms with Gasteiger partial charge in [-0.15, -0.1) is 0 Å². The highest BCUT2D eigenvalue weighted by atomic mass is 15.3. The molecule has 25 heavy (non-hydrogen) atoms. The maximum absolute atomic E-state index is 4.72. The van der Waals surface area contributed by atoms with E-state index in [4.69, 9.17) is 4.99 Å². The van der Waals surface area contributed by atoms with Crippen molar-refractivity contribution in [2.75, 3.05) is 50.7 Å². The SMILES string of the molecule is CCNC(=NCCN1CCN(c2ncccn2)CC1)NC(C)C(C)C. The molecule has 0 bridgehead atoms. The van der Waals surface area contributed by atoms with Crippen molar-refractivity contribution in [3.8, 4) is 0 Å². The standard InChI is InChI=1S/C18H33N7/c1-5-19-17(23-16(4)15(2)3)20-9-10-24-11-13-25(14-12-24)18-21-7-6-8-22-18/h6-8,15-16H,5,9-14H2,1-4H3,(H2,19,20,23). The third kappa shape index (κ3) is 6.49. The number of anilines is 1. The Bertz CT molecular complexity index is 509. The molecule has 1 saturated heterocycles. The lowest BCUT2D eigenvalue weighted by Gasteiger charge is -2.34. The maximum Gasteiger partial charge on any atom is 0.225 e. The lowest BCUT2D eigenvalue weighted by molar-refractivity contribution is 0.263. The molecule has 0 radical (unpaired) electrons. The minimum Gasteiger partial charge on any atom is -0.357 e. The normalized spacial score (nSPS) is 17.6. The molecule has 2 rings (SSSR count). The van der Waals surface area contributed by atoms with Crippen LogP contribution in [0.4, 0.5) is 5.95 Å². The molecule has 0 saturated carbocycles. The Hall–Kier alpha value is -1.89. The van der Waals surface area contributed by atoms with Crippen LogP contribution in [0.15, 0.2) is 23.5 Å². The van der Waals surface area contributed by atoms with Gasteiger partial charge < -0.3 is 15.5 Å². The van der Waals surface area contributed by atoms with Gasteiger partial charge in [0.15, 0.2) is 5.96 Å². The summed E-state index contributed by atoms with van der Waals surface area (Å²) < 4.78 is 0. The summed E-state index contributed by atoms with van der Waals surface area (Å²) in [6.07, 6.45) is 3.60. The molecule has 7 heteroatoms. The van der Waals surface area contributed by atoms with Gasteiger partial charge in [0.1, 0.15) is 0 Å². The largest absolute Gasteiger partial charge is 0.357 e. The van der Waals surface area contributed by atoms with E-state index in [1.54, 1.807) is 12.4 Å². The fourth-order valence-electron chi connectivity index (χ4n) is 2.63. The van der Waals surface area contributed by atoms with Gasteiger partial charge in [-0.25, -0.2) is 9.97 Å². The van der Waals surface area contributed by atoms with E-state index in [0.717, 1.165) is 57.7 Å². The van der Waals surface area contributed by atoms with Crippen LogP contribution in [0.5, 0.6) is 0 Å². The van der Waals surface area contributed by atoms with Gasteiger partial charge in [0.2, 0.25) is 5.95 Å². The van der Waals surface area contributed by atoms with Crippen LogP contribution in [0.2, 0.25) is 0 Å². The number of aromatic nitrogens is 2. The molecule has 0 aliphatic carbocycles. The number of rotatable bonds is 7. The second-order valence-corrected chi connectivity index (χ2v) is 6.82. The lowest BCUT2D eigenvalue weighted by Crippen LogP contribution is -2.48. The van der Waals surface area contributed by atoms with Gasteiger partial charge in [-0.05, 0) is 25.8 Å². The molecule has 1 atom stereocenters. The topological polar surface area (TPSA) is 68.7 Å². The van der Waals surface area contributed by atoms with Crippen LogP contribution in [0, 0.1) is 5.92 Å². The summed E-state index contributed by atoms with van der Waals surface area (Å²) in [6, 6.07) is 2.26. The first-order valence-electron chi connectivity index (χ1n) is 9.39. The Morgan fingerprint density at radius 3 is 2.44 bits per heavy atom. The average molecular weight is 348 g/mol. The van der Waals surface area contributed by atoms with Gasteiger partial charge in [-0.1, -0.05) is 13.8 Å². The zero-order chi connectivity index (χ0) is 18.1. The molecule has 2 N–H and O–H groups in total. The van der Waals surface area contributed by atoms with E-state index in [9.17, 15) is 0 Å². The molecule has 0 aromatic carbocycles. The highest BCUT2D eigenvalue weighted by Crippen LogP contribution is 2.09. The van der Waals surface area contributed by atoms with Gasteiger partial charge in [-0.2, -0.15) is 0 Å². The first kappa shape index (κ1) is 19.4. The van der Waals surface area contributed by atoms with Crippen LogP contribution in [0.3, 0.4) is 0 Å². The van der Waals surface area contributed by atoms with Gasteiger partial charge >= 0.3 is 0 Å². The van der Waals surface area contributed by atoms with Crippen LogP contribution >= 0.6 is 0 Å². The second kappa shape index (κ2) is 10.2. The first-order valence-corrected chi connectivity index (χ1v) is 9.39. The Kier molecular flexibility index (Phi) is 7.91. The molecular formula is C18H33N7. The highest BCUT2D eigenvalue weighted by Gasteiger charge is 2.18. The molecule has 1 unspecified atom stereocenters. The molecule has 140 valence electrons. The van der Waals surface area contributed by atoms with Crippen LogP contribution in [-0.2, 0) is 0 Å². The number of piperazine rings is 1. The van der Waals surface area contributed by atoms with E-state index in [2.05, 4.69) is 58.1 Å². The van der Waals surface area contributed by atoms with Crippen molar-refractivity contribution in [1.29, 1.82) is 0 Å². The number of hydrogen-bond donors (Lipinski definition) is 2. The fraction of sp³-hybridized carbons (Fsp3) is 0.722. The molecule has 1 aromatic heterocycles. The van der Waals surface area contributed by atoms with Crippen LogP contribution in [0.25, 0.3) is 0 Å². The Morgan fingerprint density at radius 1 is 1.16 bits per heavy atom. The zero-order valence-corrected chi connectivity index (χ0v) is 16.1. The molecule has 1 fully saturated rings. The van der Waals surface area contributed by atoms with Crippen molar-refractivity contribution in [2.45, 2.75) is 33.7 Å². The van der Waals surface area contributed by atoms with E-state index in [-0.39, 0.29) is 0 Å². The summed E-state index contributed by atoms with van der Waals surface area (Å²) in [5.74, 6) is 2.33.